The Labute approximate surface area is 235 Å². The average Bonchev–Trinajstić information content (AvgIpc) is 3.48. The van der Waals surface area contributed by atoms with Gasteiger partial charge in [-0.2, -0.15) is 10.4 Å². The van der Waals surface area contributed by atoms with Crippen molar-refractivity contribution in [2.75, 3.05) is 26.1 Å². The molecule has 3 rings (SSSR count). The van der Waals surface area contributed by atoms with E-state index in [2.05, 4.69) is 19.9 Å². The molecule has 3 heterocycles. The minimum atomic E-state index is -4.77. The van der Waals surface area contributed by atoms with E-state index in [1.165, 1.54) is 17.5 Å². The monoisotopic (exact) mass is 596 g/mol. The van der Waals surface area contributed by atoms with E-state index >= 15 is 0 Å². The summed E-state index contributed by atoms with van der Waals surface area (Å²) < 4.78 is 41.4. The number of esters is 3. The smallest absolute Gasteiger partial charge is 0.403 e. The van der Waals surface area contributed by atoms with Gasteiger partial charge in [0.2, 0.25) is 11.2 Å². The number of nitrogen functional groups attached to an aromatic ring is 1. The second kappa shape index (κ2) is 12.1. The zero-order chi connectivity index (χ0) is 30.8. The maximum atomic E-state index is 13.1. The minimum Gasteiger partial charge on any atom is -0.468 e. The quantitative estimate of drug-likeness (QED) is 0.185. The summed E-state index contributed by atoms with van der Waals surface area (Å²) in [6.45, 7) is 6.02. The van der Waals surface area contributed by atoms with Crippen molar-refractivity contribution >= 4 is 37.0 Å². The van der Waals surface area contributed by atoms with Crippen LogP contribution < -0.4 is 10.8 Å². The summed E-state index contributed by atoms with van der Waals surface area (Å²) in [6, 6.07) is 3.66. The van der Waals surface area contributed by atoms with Gasteiger partial charge in [0.1, 0.15) is 30.6 Å². The SMILES string of the molecule is COC(=O)[C@H](C)NP(=O)(O)OC[C@@]1(C#N)OC[C@](OC(=O)C(C)C)(c2ccc3c(N)ncnn23)[C@@H]1OC(=O)C(C)C. The fourth-order valence-electron chi connectivity index (χ4n) is 4.06. The molecule has 2 aromatic rings. The molecule has 41 heavy (non-hydrogen) atoms. The number of fused-ring (bicyclic) bond motifs is 1. The highest BCUT2D eigenvalue weighted by atomic mass is 31.2. The van der Waals surface area contributed by atoms with Crippen molar-refractivity contribution in [2.45, 2.75) is 58.0 Å². The molecule has 0 bridgehead atoms. The maximum Gasteiger partial charge on any atom is 0.403 e. The fourth-order valence-corrected chi connectivity index (χ4v) is 5.09. The van der Waals surface area contributed by atoms with Gasteiger partial charge in [0.05, 0.1) is 31.2 Å². The van der Waals surface area contributed by atoms with Crippen molar-refractivity contribution < 1.29 is 47.3 Å². The van der Waals surface area contributed by atoms with Gasteiger partial charge in [-0.25, -0.2) is 19.2 Å². The number of aromatic nitrogens is 3. The number of rotatable bonds is 11. The van der Waals surface area contributed by atoms with Crippen LogP contribution in [0.3, 0.4) is 0 Å². The Morgan fingerprint density at radius 3 is 2.49 bits per heavy atom. The lowest BCUT2D eigenvalue weighted by Crippen LogP contribution is -2.55. The largest absolute Gasteiger partial charge is 0.468 e. The van der Waals surface area contributed by atoms with E-state index in [4.69, 9.17) is 24.5 Å². The molecule has 16 nitrogen and oxygen atoms in total. The number of hydrogen-bond acceptors (Lipinski definition) is 13. The highest BCUT2D eigenvalue weighted by Crippen LogP contribution is 2.49. The molecular formula is C24H33N6O10P. The molecule has 0 saturated carbocycles. The number of nitrogens with zero attached hydrogens (tertiary/aromatic N) is 4. The number of hydrogen-bond donors (Lipinski definition) is 3. The molecular weight excluding hydrogens is 563 g/mol. The molecule has 224 valence electrons. The van der Waals surface area contributed by atoms with Crippen molar-refractivity contribution in [3.8, 4) is 6.07 Å². The highest BCUT2D eigenvalue weighted by molar-refractivity contribution is 7.50. The van der Waals surface area contributed by atoms with E-state index in [0.717, 1.165) is 13.4 Å². The Morgan fingerprint density at radius 1 is 1.24 bits per heavy atom. The maximum absolute atomic E-state index is 13.1. The number of carbonyl (C=O) groups excluding carboxylic acids is 3. The van der Waals surface area contributed by atoms with Crippen LogP contribution in [-0.4, -0.2) is 75.5 Å². The van der Waals surface area contributed by atoms with Gasteiger partial charge in [-0.1, -0.05) is 27.7 Å². The first-order valence-electron chi connectivity index (χ1n) is 12.5. The minimum absolute atomic E-state index is 0.0909. The van der Waals surface area contributed by atoms with Crippen molar-refractivity contribution in [1.82, 2.24) is 19.7 Å². The third kappa shape index (κ3) is 6.34. The van der Waals surface area contributed by atoms with Gasteiger partial charge in [-0.05, 0) is 19.1 Å². The summed E-state index contributed by atoms with van der Waals surface area (Å²) in [5.41, 5.74) is 2.17. The molecule has 2 aromatic heterocycles. The Balaban J connectivity index is 2.16. The van der Waals surface area contributed by atoms with Crippen LogP contribution in [0.25, 0.3) is 5.52 Å². The molecule has 5 atom stereocenters. The van der Waals surface area contributed by atoms with E-state index in [0.29, 0.717) is 5.52 Å². The van der Waals surface area contributed by atoms with Crippen LogP contribution in [0, 0.1) is 23.2 Å². The molecule has 0 amide bonds. The number of nitriles is 1. The van der Waals surface area contributed by atoms with Crippen molar-refractivity contribution in [1.29, 1.82) is 5.26 Å². The summed E-state index contributed by atoms with van der Waals surface area (Å²) in [5, 5.41) is 16.7. The topological polar surface area (TPSA) is 227 Å². The Hall–Kier alpha value is -3.61. The summed E-state index contributed by atoms with van der Waals surface area (Å²) in [7, 11) is -3.67. The lowest BCUT2D eigenvalue weighted by molar-refractivity contribution is -0.191. The summed E-state index contributed by atoms with van der Waals surface area (Å²) in [6.07, 6.45) is -0.573. The van der Waals surface area contributed by atoms with Gasteiger partial charge in [-0.3, -0.25) is 18.9 Å². The molecule has 0 aromatic carbocycles. The predicted octanol–water partition coefficient (Wildman–Crippen LogP) is 0.834. The molecule has 17 heteroatoms. The van der Waals surface area contributed by atoms with Crippen LogP contribution in [-0.2, 0) is 48.0 Å². The molecule has 1 fully saturated rings. The molecule has 0 aliphatic carbocycles. The van der Waals surface area contributed by atoms with E-state index in [9.17, 15) is 29.1 Å². The Kier molecular flexibility index (Phi) is 9.41. The molecule has 0 spiro atoms. The summed E-state index contributed by atoms with van der Waals surface area (Å²) in [4.78, 5) is 52.1. The molecule has 4 N–H and O–H groups in total. The molecule has 1 saturated heterocycles. The van der Waals surface area contributed by atoms with Crippen LogP contribution in [0.4, 0.5) is 5.82 Å². The Bertz CT molecular complexity index is 1410. The molecule has 1 unspecified atom stereocenters. The van der Waals surface area contributed by atoms with E-state index in [1.54, 1.807) is 33.8 Å². The van der Waals surface area contributed by atoms with Crippen molar-refractivity contribution in [3.63, 3.8) is 0 Å². The standard InChI is InChI=1S/C24H33N6O10P/c1-13(2)19(31)39-22-23(9-25,10-38-41(34,35)29-15(5)21(33)36-6)37-11-24(22,40-20(32)14(3)4)17-8-7-16-18(26)27-12-28-30(16)17/h7-8,12-15,22H,10-11H2,1-6H3,(H2,26,27,28)(H2,29,34,35)/t15-,22+,23+,24-/m0/s1. The zero-order valence-corrected chi connectivity index (χ0v) is 24.3. The lowest BCUT2D eigenvalue weighted by Gasteiger charge is -2.37. The van der Waals surface area contributed by atoms with E-state index in [-0.39, 0.29) is 11.5 Å². The molecule has 0 radical (unpaired) electrons. The van der Waals surface area contributed by atoms with Gasteiger partial charge in [0.25, 0.3) is 0 Å². The number of anilines is 1. The predicted molar refractivity (Wildman–Crippen MR) is 139 cm³/mol. The van der Waals surface area contributed by atoms with Crippen LogP contribution >= 0.6 is 7.75 Å². The molecule has 1 aliphatic rings. The van der Waals surface area contributed by atoms with Gasteiger partial charge in [-0.15, -0.1) is 0 Å². The number of methoxy groups -OCH3 is 1. The first-order valence-corrected chi connectivity index (χ1v) is 14.1. The second-order valence-corrected chi connectivity index (χ2v) is 11.6. The number of ether oxygens (including phenoxy) is 4. The van der Waals surface area contributed by atoms with Crippen molar-refractivity contribution in [2.24, 2.45) is 11.8 Å². The van der Waals surface area contributed by atoms with Gasteiger partial charge < -0.3 is 29.6 Å². The number of nitrogens with one attached hydrogen (secondary N) is 1. The summed E-state index contributed by atoms with van der Waals surface area (Å²) in [5.74, 6) is -3.63. The number of nitrogens with two attached hydrogens (primary N) is 1. The third-order valence-electron chi connectivity index (χ3n) is 6.32. The van der Waals surface area contributed by atoms with E-state index < -0.39 is 74.1 Å². The van der Waals surface area contributed by atoms with Gasteiger partial charge in [0.15, 0.2) is 11.9 Å². The normalized spacial score (nSPS) is 24.5. The third-order valence-corrected chi connectivity index (χ3v) is 7.51. The zero-order valence-electron chi connectivity index (χ0n) is 23.4. The first kappa shape index (κ1) is 31.9. The molecule has 1 aliphatic heterocycles. The van der Waals surface area contributed by atoms with Crippen LogP contribution in [0.5, 0.6) is 0 Å². The first-order chi connectivity index (χ1) is 19.1. The van der Waals surface area contributed by atoms with Crippen LogP contribution in [0.2, 0.25) is 0 Å². The van der Waals surface area contributed by atoms with Gasteiger partial charge >= 0.3 is 25.7 Å². The lowest BCUT2D eigenvalue weighted by atomic mass is 9.85. The fraction of sp³-hybridized carbons (Fsp3) is 0.583. The van der Waals surface area contributed by atoms with Crippen LogP contribution in [0.15, 0.2) is 18.5 Å². The highest BCUT2D eigenvalue weighted by Gasteiger charge is 2.67. The van der Waals surface area contributed by atoms with Crippen LogP contribution in [0.1, 0.15) is 40.3 Å². The van der Waals surface area contributed by atoms with Gasteiger partial charge in [0, 0.05) is 0 Å². The second-order valence-electron chi connectivity index (χ2n) is 10.1. The Morgan fingerprint density at radius 2 is 1.90 bits per heavy atom. The summed E-state index contributed by atoms with van der Waals surface area (Å²) >= 11 is 0. The average molecular weight is 597 g/mol. The number of carbonyl (C=O) groups is 3. The van der Waals surface area contributed by atoms with E-state index in [1.807, 2.05) is 6.07 Å². The van der Waals surface area contributed by atoms with Crippen molar-refractivity contribution in [3.05, 3.63) is 24.2 Å².